The molecular weight excluding hydrogens is 216 g/mol. The molecule has 1 aromatic heterocycles. The first-order valence-electron chi connectivity index (χ1n) is 6.00. The van der Waals surface area contributed by atoms with Crippen molar-refractivity contribution in [2.75, 3.05) is 24.6 Å². The highest BCUT2D eigenvalue weighted by Gasteiger charge is 2.15. The van der Waals surface area contributed by atoms with Crippen molar-refractivity contribution in [1.29, 1.82) is 0 Å². The Labute approximate surface area is 102 Å². The molecule has 0 saturated carbocycles. The number of Topliss-reactive ketones (excluding diaryl/α,β-unsaturated/α-hetero) is 1. The average Bonchev–Trinajstić information content (AvgIpc) is 2.54. The smallest absolute Gasteiger partial charge is 0.178 e. The van der Waals surface area contributed by atoms with Crippen molar-refractivity contribution in [2.24, 2.45) is 0 Å². The topological polar surface area (TPSA) is 42.4 Å². The third-order valence-corrected chi connectivity index (χ3v) is 2.93. The van der Waals surface area contributed by atoms with Crippen LogP contribution in [0.15, 0.2) is 18.3 Å². The maximum atomic E-state index is 11.1. The van der Waals surface area contributed by atoms with Gasteiger partial charge in [-0.15, -0.1) is 0 Å². The summed E-state index contributed by atoms with van der Waals surface area (Å²) in [6.45, 7) is 6.28. The number of carbonyl (C=O) groups is 1. The Morgan fingerprint density at radius 2 is 2.35 bits per heavy atom. The summed E-state index contributed by atoms with van der Waals surface area (Å²) in [6.07, 6.45) is 3.04. The molecule has 2 rings (SSSR count). The van der Waals surface area contributed by atoms with E-state index in [-0.39, 0.29) is 11.9 Å². The number of anilines is 1. The van der Waals surface area contributed by atoms with Crippen LogP contribution >= 0.6 is 0 Å². The number of ether oxygens (including phenoxy) is 1. The second kappa shape index (κ2) is 5.27. The fourth-order valence-electron chi connectivity index (χ4n) is 2.01. The Morgan fingerprint density at radius 3 is 3.00 bits per heavy atom. The van der Waals surface area contributed by atoms with Gasteiger partial charge in [0.2, 0.25) is 0 Å². The Kier molecular flexibility index (Phi) is 3.74. The first-order valence-corrected chi connectivity index (χ1v) is 6.00. The lowest BCUT2D eigenvalue weighted by Crippen LogP contribution is -2.30. The second-order valence-electron chi connectivity index (χ2n) is 4.44. The number of rotatable bonds is 2. The van der Waals surface area contributed by atoms with Crippen molar-refractivity contribution in [3.8, 4) is 0 Å². The summed E-state index contributed by atoms with van der Waals surface area (Å²) in [4.78, 5) is 17.6. The zero-order chi connectivity index (χ0) is 12.3. The van der Waals surface area contributed by atoms with Gasteiger partial charge < -0.3 is 9.64 Å². The number of hydrogen-bond donors (Lipinski definition) is 0. The first-order chi connectivity index (χ1) is 8.16. The van der Waals surface area contributed by atoms with Crippen LogP contribution in [0.4, 0.5) is 5.69 Å². The number of carbonyl (C=O) groups excluding carboxylic acids is 1. The number of aromatic nitrogens is 1. The van der Waals surface area contributed by atoms with Crippen LogP contribution < -0.4 is 4.90 Å². The highest BCUT2D eigenvalue weighted by molar-refractivity contribution is 5.92. The van der Waals surface area contributed by atoms with E-state index in [4.69, 9.17) is 4.74 Å². The van der Waals surface area contributed by atoms with E-state index >= 15 is 0 Å². The maximum Gasteiger partial charge on any atom is 0.178 e. The van der Waals surface area contributed by atoms with Gasteiger partial charge in [-0.1, -0.05) is 0 Å². The van der Waals surface area contributed by atoms with Crippen molar-refractivity contribution < 1.29 is 9.53 Å². The van der Waals surface area contributed by atoms with Gasteiger partial charge in [0.1, 0.15) is 5.69 Å². The molecule has 4 nitrogen and oxygen atoms in total. The fraction of sp³-hybridized carbons (Fsp3) is 0.538. The van der Waals surface area contributed by atoms with Crippen LogP contribution in [-0.4, -0.2) is 36.6 Å². The molecule has 2 heterocycles. The van der Waals surface area contributed by atoms with Crippen LogP contribution in [0.2, 0.25) is 0 Å². The van der Waals surface area contributed by atoms with E-state index in [2.05, 4.69) is 16.8 Å². The Balaban J connectivity index is 2.12. The SMILES string of the molecule is CC(=O)c1ccc(N2CCCOC(C)C2)cn1. The predicted octanol–water partition coefficient (Wildman–Crippen LogP) is 1.90. The lowest BCUT2D eigenvalue weighted by atomic mass is 10.2. The Hall–Kier alpha value is -1.42. The quantitative estimate of drug-likeness (QED) is 0.733. The van der Waals surface area contributed by atoms with Gasteiger partial charge in [-0.3, -0.25) is 9.78 Å². The molecule has 0 aliphatic carbocycles. The summed E-state index contributed by atoms with van der Waals surface area (Å²) in [5.41, 5.74) is 1.58. The van der Waals surface area contributed by atoms with Crippen molar-refractivity contribution >= 4 is 11.5 Å². The van der Waals surface area contributed by atoms with Gasteiger partial charge >= 0.3 is 0 Å². The first kappa shape index (κ1) is 12.0. The standard InChI is InChI=1S/C13H18N2O2/c1-10-9-15(6-3-7-17-10)12-4-5-13(11(2)16)14-8-12/h4-5,8,10H,3,6-7,9H2,1-2H3. The van der Waals surface area contributed by atoms with Crippen LogP contribution in [-0.2, 0) is 4.74 Å². The molecule has 0 aromatic carbocycles. The molecule has 0 N–H and O–H groups in total. The molecular formula is C13H18N2O2. The molecule has 0 bridgehead atoms. The number of hydrogen-bond acceptors (Lipinski definition) is 4. The molecule has 1 atom stereocenters. The third kappa shape index (κ3) is 3.03. The zero-order valence-corrected chi connectivity index (χ0v) is 10.3. The van der Waals surface area contributed by atoms with Crippen molar-refractivity contribution in [3.63, 3.8) is 0 Å². The van der Waals surface area contributed by atoms with Gasteiger partial charge in [-0.25, -0.2) is 0 Å². The Bertz CT molecular complexity index is 389. The van der Waals surface area contributed by atoms with Crippen molar-refractivity contribution in [3.05, 3.63) is 24.0 Å². The van der Waals surface area contributed by atoms with E-state index in [1.807, 2.05) is 6.07 Å². The molecule has 4 heteroatoms. The van der Waals surface area contributed by atoms with Crippen LogP contribution in [0.3, 0.4) is 0 Å². The van der Waals surface area contributed by atoms with Crippen LogP contribution in [0.5, 0.6) is 0 Å². The normalized spacial score (nSPS) is 21.1. The van der Waals surface area contributed by atoms with Gasteiger partial charge in [0.05, 0.1) is 18.0 Å². The van der Waals surface area contributed by atoms with Crippen LogP contribution in [0.1, 0.15) is 30.8 Å². The van der Waals surface area contributed by atoms with Gasteiger partial charge in [0, 0.05) is 26.6 Å². The van der Waals surface area contributed by atoms with E-state index in [1.165, 1.54) is 6.92 Å². The third-order valence-electron chi connectivity index (χ3n) is 2.93. The summed E-state index contributed by atoms with van der Waals surface area (Å²) in [5, 5.41) is 0. The molecule has 0 radical (unpaired) electrons. The van der Waals surface area contributed by atoms with Gasteiger partial charge in [-0.05, 0) is 25.5 Å². The zero-order valence-electron chi connectivity index (χ0n) is 10.3. The van der Waals surface area contributed by atoms with E-state index in [0.29, 0.717) is 5.69 Å². The summed E-state index contributed by atoms with van der Waals surface area (Å²) < 4.78 is 5.60. The summed E-state index contributed by atoms with van der Waals surface area (Å²) in [5.74, 6) is 0.00381. The molecule has 17 heavy (non-hydrogen) atoms. The van der Waals surface area contributed by atoms with E-state index < -0.39 is 0 Å². The van der Waals surface area contributed by atoms with E-state index in [1.54, 1.807) is 12.3 Å². The summed E-state index contributed by atoms with van der Waals surface area (Å²) in [7, 11) is 0. The van der Waals surface area contributed by atoms with Crippen molar-refractivity contribution in [1.82, 2.24) is 4.98 Å². The molecule has 1 fully saturated rings. The predicted molar refractivity (Wildman–Crippen MR) is 66.5 cm³/mol. The minimum Gasteiger partial charge on any atom is -0.377 e. The van der Waals surface area contributed by atoms with E-state index in [0.717, 1.165) is 31.8 Å². The fourth-order valence-corrected chi connectivity index (χ4v) is 2.01. The lowest BCUT2D eigenvalue weighted by Gasteiger charge is -2.23. The second-order valence-corrected chi connectivity index (χ2v) is 4.44. The molecule has 92 valence electrons. The highest BCUT2D eigenvalue weighted by atomic mass is 16.5. The molecule has 1 aliphatic heterocycles. The van der Waals surface area contributed by atoms with Gasteiger partial charge in [0.15, 0.2) is 5.78 Å². The monoisotopic (exact) mass is 234 g/mol. The lowest BCUT2D eigenvalue weighted by molar-refractivity contribution is 0.0820. The van der Waals surface area contributed by atoms with Crippen LogP contribution in [0.25, 0.3) is 0 Å². The molecule has 1 saturated heterocycles. The van der Waals surface area contributed by atoms with Crippen LogP contribution in [0, 0.1) is 0 Å². The molecule has 1 unspecified atom stereocenters. The summed E-state index contributed by atoms with van der Waals surface area (Å²) >= 11 is 0. The van der Waals surface area contributed by atoms with Crippen molar-refractivity contribution in [2.45, 2.75) is 26.4 Å². The highest BCUT2D eigenvalue weighted by Crippen LogP contribution is 2.17. The molecule has 0 amide bonds. The number of pyridine rings is 1. The Morgan fingerprint density at radius 1 is 1.53 bits per heavy atom. The van der Waals surface area contributed by atoms with E-state index in [9.17, 15) is 4.79 Å². The van der Waals surface area contributed by atoms with Gasteiger partial charge in [0.25, 0.3) is 0 Å². The average molecular weight is 234 g/mol. The number of nitrogens with zero attached hydrogens (tertiary/aromatic N) is 2. The molecule has 1 aliphatic rings. The minimum atomic E-state index is 0.00381. The summed E-state index contributed by atoms with van der Waals surface area (Å²) in [6, 6.07) is 3.75. The maximum absolute atomic E-state index is 11.1. The number of ketones is 1. The largest absolute Gasteiger partial charge is 0.377 e. The molecule has 1 aromatic rings. The minimum absolute atomic E-state index is 0.00381. The molecule has 0 spiro atoms. The van der Waals surface area contributed by atoms with Gasteiger partial charge in [-0.2, -0.15) is 0 Å².